The smallest absolute Gasteiger partial charge is 0.273 e. The molecule has 0 aliphatic heterocycles. The second-order valence-corrected chi connectivity index (χ2v) is 6.42. The summed E-state index contributed by atoms with van der Waals surface area (Å²) in [5.74, 6) is 0.667. The molecule has 1 N–H and O–H groups in total. The number of carbonyl (C=O) groups is 1. The van der Waals surface area contributed by atoms with Crippen molar-refractivity contribution in [2.45, 2.75) is 37.8 Å². The Morgan fingerprint density at radius 1 is 1.35 bits per heavy atom. The number of aryl methyl sites for hydroxylation is 1. The highest BCUT2D eigenvalue weighted by molar-refractivity contribution is 7.98. The Hall–Kier alpha value is -2.28. The van der Waals surface area contributed by atoms with E-state index >= 15 is 0 Å². The van der Waals surface area contributed by atoms with Gasteiger partial charge in [-0.25, -0.2) is 9.97 Å². The minimum absolute atomic E-state index is 0.0558. The van der Waals surface area contributed by atoms with Crippen molar-refractivity contribution in [2.75, 3.05) is 0 Å². The van der Waals surface area contributed by atoms with E-state index in [1.165, 1.54) is 18.0 Å². The molecule has 1 amide bonds. The van der Waals surface area contributed by atoms with Crippen LogP contribution in [-0.4, -0.2) is 21.9 Å². The van der Waals surface area contributed by atoms with Crippen molar-refractivity contribution in [3.8, 4) is 0 Å². The molecule has 0 aliphatic rings. The lowest BCUT2D eigenvalue weighted by atomic mass is 10.2. The summed E-state index contributed by atoms with van der Waals surface area (Å²) in [6, 6.07) is 5.92. The van der Waals surface area contributed by atoms with E-state index in [0.717, 1.165) is 16.7 Å². The van der Waals surface area contributed by atoms with Gasteiger partial charge in [0.2, 0.25) is 5.89 Å². The molecular weight excluding hydrogens is 314 g/mol. The zero-order valence-corrected chi connectivity index (χ0v) is 13.9. The van der Waals surface area contributed by atoms with Gasteiger partial charge in [-0.15, -0.1) is 0 Å². The number of hydrogen-bond acceptors (Lipinski definition) is 6. The maximum absolute atomic E-state index is 11.8. The molecular formula is C16H17N3O3S. The van der Waals surface area contributed by atoms with Gasteiger partial charge >= 0.3 is 0 Å². The number of amides is 1. The van der Waals surface area contributed by atoms with Crippen LogP contribution >= 0.6 is 11.8 Å². The molecule has 0 aliphatic carbocycles. The summed E-state index contributed by atoms with van der Waals surface area (Å²) in [6.07, 6.45) is 1.36. The molecule has 3 aromatic rings. The quantitative estimate of drug-likeness (QED) is 0.720. The Morgan fingerprint density at radius 3 is 2.96 bits per heavy atom. The van der Waals surface area contributed by atoms with Crippen molar-refractivity contribution in [3.63, 3.8) is 0 Å². The summed E-state index contributed by atoms with van der Waals surface area (Å²) in [7, 11) is 0. The van der Waals surface area contributed by atoms with Crippen LogP contribution in [0.2, 0.25) is 0 Å². The third kappa shape index (κ3) is 3.73. The molecule has 0 unspecified atom stereocenters. The van der Waals surface area contributed by atoms with Crippen LogP contribution < -0.4 is 5.32 Å². The minimum atomic E-state index is -0.239. The van der Waals surface area contributed by atoms with Crippen LogP contribution in [0.15, 0.2) is 38.5 Å². The minimum Gasteiger partial charge on any atom is -0.447 e. The largest absolute Gasteiger partial charge is 0.447 e. The SMILES string of the molecule is Cc1ccc2oc(SCc3nc(C(=O)NC(C)C)co3)nc2c1. The zero-order chi connectivity index (χ0) is 16.4. The van der Waals surface area contributed by atoms with Gasteiger partial charge in [0.05, 0.1) is 5.75 Å². The van der Waals surface area contributed by atoms with Gasteiger partial charge in [0.25, 0.3) is 11.1 Å². The van der Waals surface area contributed by atoms with Gasteiger partial charge in [-0.1, -0.05) is 17.8 Å². The Kier molecular flexibility index (Phi) is 4.38. The van der Waals surface area contributed by atoms with Gasteiger partial charge in [-0.3, -0.25) is 4.79 Å². The van der Waals surface area contributed by atoms with E-state index in [-0.39, 0.29) is 17.6 Å². The normalized spacial score (nSPS) is 11.3. The Balaban J connectivity index is 1.65. The second kappa shape index (κ2) is 6.45. The van der Waals surface area contributed by atoms with Crippen LogP contribution in [0.1, 0.15) is 35.8 Å². The molecule has 0 spiro atoms. The molecule has 23 heavy (non-hydrogen) atoms. The summed E-state index contributed by atoms with van der Waals surface area (Å²) in [6.45, 7) is 5.80. The van der Waals surface area contributed by atoms with Crippen LogP contribution in [0, 0.1) is 6.92 Å². The van der Waals surface area contributed by atoms with Gasteiger partial charge in [-0.2, -0.15) is 0 Å². The van der Waals surface area contributed by atoms with Gasteiger partial charge in [-0.05, 0) is 38.5 Å². The second-order valence-electron chi connectivity index (χ2n) is 5.49. The van der Waals surface area contributed by atoms with Crippen molar-refractivity contribution in [1.82, 2.24) is 15.3 Å². The highest BCUT2D eigenvalue weighted by atomic mass is 32.2. The van der Waals surface area contributed by atoms with E-state index in [1.54, 1.807) is 0 Å². The van der Waals surface area contributed by atoms with Gasteiger partial charge in [0, 0.05) is 6.04 Å². The Morgan fingerprint density at radius 2 is 2.17 bits per heavy atom. The van der Waals surface area contributed by atoms with E-state index in [4.69, 9.17) is 8.83 Å². The average molecular weight is 331 g/mol. The predicted molar refractivity (Wildman–Crippen MR) is 87.4 cm³/mol. The number of oxazole rings is 2. The molecule has 120 valence electrons. The molecule has 0 saturated carbocycles. The first kappa shape index (κ1) is 15.6. The summed E-state index contributed by atoms with van der Waals surface area (Å²) >= 11 is 1.38. The maximum atomic E-state index is 11.8. The molecule has 0 bridgehead atoms. The highest BCUT2D eigenvalue weighted by Gasteiger charge is 2.14. The van der Waals surface area contributed by atoms with E-state index in [9.17, 15) is 4.79 Å². The standard InChI is InChI=1S/C16H17N3O3S/c1-9(2)17-15(20)12-7-21-14(18-12)8-23-16-19-11-6-10(3)4-5-13(11)22-16/h4-7,9H,8H2,1-3H3,(H,17,20). The molecule has 7 heteroatoms. The topological polar surface area (TPSA) is 81.2 Å². The number of carbonyl (C=O) groups excluding carboxylic acids is 1. The van der Waals surface area contributed by atoms with E-state index in [2.05, 4.69) is 15.3 Å². The number of aromatic nitrogens is 2. The van der Waals surface area contributed by atoms with Crippen molar-refractivity contribution in [3.05, 3.63) is 41.6 Å². The van der Waals surface area contributed by atoms with Gasteiger partial charge < -0.3 is 14.2 Å². The van der Waals surface area contributed by atoms with Crippen LogP contribution in [0.4, 0.5) is 0 Å². The fourth-order valence-electron chi connectivity index (χ4n) is 2.02. The molecule has 1 aromatic carbocycles. The average Bonchev–Trinajstić information content (AvgIpc) is 3.10. The lowest BCUT2D eigenvalue weighted by molar-refractivity contribution is 0.0938. The van der Waals surface area contributed by atoms with E-state index in [1.807, 2.05) is 39.0 Å². The number of nitrogens with zero attached hydrogens (tertiary/aromatic N) is 2. The molecule has 0 atom stereocenters. The summed E-state index contributed by atoms with van der Waals surface area (Å²) in [5.41, 5.74) is 3.00. The third-order valence-electron chi connectivity index (χ3n) is 3.05. The number of thioether (sulfide) groups is 1. The molecule has 0 saturated heterocycles. The maximum Gasteiger partial charge on any atom is 0.273 e. The Bertz CT molecular complexity index is 838. The van der Waals surface area contributed by atoms with Crippen molar-refractivity contribution in [1.29, 1.82) is 0 Å². The van der Waals surface area contributed by atoms with E-state index in [0.29, 0.717) is 16.9 Å². The first-order valence-corrected chi connectivity index (χ1v) is 8.25. The summed E-state index contributed by atoms with van der Waals surface area (Å²) < 4.78 is 11.0. The predicted octanol–water partition coefficient (Wildman–Crippen LogP) is 3.55. The number of rotatable bonds is 5. The van der Waals surface area contributed by atoms with Gasteiger partial charge in [0.15, 0.2) is 11.3 Å². The molecule has 0 fully saturated rings. The number of nitrogens with one attached hydrogen (secondary N) is 1. The van der Waals surface area contributed by atoms with E-state index < -0.39 is 0 Å². The van der Waals surface area contributed by atoms with Crippen molar-refractivity contribution >= 4 is 28.8 Å². The molecule has 2 heterocycles. The molecule has 3 rings (SSSR count). The Labute approximate surface area is 137 Å². The van der Waals surface area contributed by atoms with Crippen LogP contribution in [0.3, 0.4) is 0 Å². The lowest BCUT2D eigenvalue weighted by Crippen LogP contribution is -2.30. The first-order valence-electron chi connectivity index (χ1n) is 7.26. The number of hydrogen-bond donors (Lipinski definition) is 1. The third-order valence-corrected chi connectivity index (χ3v) is 3.86. The molecule has 2 aromatic heterocycles. The molecule has 6 nitrogen and oxygen atoms in total. The van der Waals surface area contributed by atoms with Crippen LogP contribution in [0.5, 0.6) is 0 Å². The zero-order valence-electron chi connectivity index (χ0n) is 13.1. The number of fused-ring (bicyclic) bond motifs is 1. The van der Waals surface area contributed by atoms with Gasteiger partial charge in [0.1, 0.15) is 11.8 Å². The van der Waals surface area contributed by atoms with Crippen molar-refractivity contribution < 1.29 is 13.6 Å². The van der Waals surface area contributed by atoms with Crippen LogP contribution in [0.25, 0.3) is 11.1 Å². The fraction of sp³-hybridized carbons (Fsp3) is 0.312. The monoisotopic (exact) mass is 331 g/mol. The highest BCUT2D eigenvalue weighted by Crippen LogP contribution is 2.26. The van der Waals surface area contributed by atoms with Crippen molar-refractivity contribution in [2.24, 2.45) is 0 Å². The first-order chi connectivity index (χ1) is 11.0. The fourth-order valence-corrected chi connectivity index (χ4v) is 2.71. The number of benzene rings is 1. The lowest BCUT2D eigenvalue weighted by Gasteiger charge is -2.04. The van der Waals surface area contributed by atoms with Crippen LogP contribution in [-0.2, 0) is 5.75 Å². The molecule has 0 radical (unpaired) electrons. The summed E-state index contributed by atoms with van der Waals surface area (Å²) in [4.78, 5) is 20.4. The summed E-state index contributed by atoms with van der Waals surface area (Å²) in [5, 5.41) is 3.32.